The van der Waals surface area contributed by atoms with Gasteiger partial charge >= 0.3 is 17.8 Å². The van der Waals surface area contributed by atoms with E-state index in [0.29, 0.717) is 0 Å². The van der Waals surface area contributed by atoms with Gasteiger partial charge in [-0.05, 0) is 37.9 Å². The molecule has 0 aliphatic carbocycles. The van der Waals surface area contributed by atoms with Gasteiger partial charge in [0.25, 0.3) is 5.56 Å². The molecule has 4 unspecified atom stereocenters. The number of nitrogens with one attached hydrogen (secondary N) is 1. The number of hydrogen-bond acceptors (Lipinski definition) is 10. The average molecular weight is 735 g/mol. The van der Waals surface area contributed by atoms with Crippen molar-refractivity contribution in [3.63, 3.8) is 0 Å². The zero-order chi connectivity index (χ0) is 38.0. The summed E-state index contributed by atoms with van der Waals surface area (Å²) in [4.78, 5) is 71.8. The predicted molar refractivity (Wildman–Crippen MR) is 187 cm³/mol. The molecule has 0 bridgehead atoms. The molecule has 0 radical (unpaired) electrons. The largest absolute Gasteiger partial charge is 0.459 e. The molecule has 1 amide bonds. The van der Waals surface area contributed by atoms with Crippen LogP contribution in [0.3, 0.4) is 0 Å². The summed E-state index contributed by atoms with van der Waals surface area (Å²) in [5.41, 5.74) is 6.77. The van der Waals surface area contributed by atoms with Crippen LogP contribution < -0.4 is 21.6 Å². The zero-order valence-electron chi connectivity index (χ0n) is 29.0. The van der Waals surface area contributed by atoms with Crippen LogP contribution in [0.15, 0.2) is 68.3 Å². The number of aromatic nitrogens is 3. The number of azide groups is 1. The first-order valence-corrected chi connectivity index (χ1v) is 16.9. The van der Waals surface area contributed by atoms with Gasteiger partial charge in [-0.25, -0.2) is 23.2 Å². The number of halogens is 2. The first kappa shape index (κ1) is 36.8. The predicted octanol–water partition coefficient (Wildman–Crippen LogP) is 4.13. The maximum absolute atomic E-state index is 16.3. The third-order valence-electron chi connectivity index (χ3n) is 9.41. The summed E-state index contributed by atoms with van der Waals surface area (Å²) in [6, 6.07) is 8.71. The number of carbonyl (C=O) groups excluding carboxylic acids is 2. The van der Waals surface area contributed by atoms with Crippen LogP contribution in [0.5, 0.6) is 0 Å². The highest BCUT2D eigenvalue weighted by Crippen LogP contribution is 2.33. The molecule has 1 N–H and O–H groups in total. The van der Waals surface area contributed by atoms with Crippen molar-refractivity contribution in [3.8, 4) is 0 Å². The van der Waals surface area contributed by atoms with Crippen LogP contribution in [-0.2, 0) is 27.4 Å². The van der Waals surface area contributed by atoms with Crippen molar-refractivity contribution < 1.29 is 32.6 Å². The van der Waals surface area contributed by atoms with E-state index in [4.69, 9.17) is 19.7 Å². The average Bonchev–Trinajstić information content (AvgIpc) is 3.54. The number of ether oxygens (including phenoxy) is 3. The van der Waals surface area contributed by atoms with Crippen molar-refractivity contribution in [1.82, 2.24) is 19.0 Å². The number of nitrogens with zero attached hydrogens (tertiary/aromatic N) is 7. The molecule has 16 nitrogen and oxygen atoms in total. The molecule has 2 aromatic carbocycles. The maximum Gasteiger partial charge on any atom is 0.410 e. The van der Waals surface area contributed by atoms with Crippen molar-refractivity contribution in [2.75, 3.05) is 31.1 Å². The minimum absolute atomic E-state index is 0.0172. The fraction of sp³-hybridized carbons (Fsp3) is 0.400. The van der Waals surface area contributed by atoms with E-state index in [0.717, 1.165) is 22.4 Å². The van der Waals surface area contributed by atoms with Gasteiger partial charge in [-0.15, -0.1) is 0 Å². The minimum atomic E-state index is -1.11. The molecule has 53 heavy (non-hydrogen) atoms. The lowest BCUT2D eigenvalue weighted by Gasteiger charge is -2.40. The van der Waals surface area contributed by atoms with E-state index >= 15 is 8.78 Å². The molecule has 2 aliphatic heterocycles. The van der Waals surface area contributed by atoms with Gasteiger partial charge < -0.3 is 28.6 Å². The molecular weight excluding hydrogens is 698 g/mol. The van der Waals surface area contributed by atoms with Gasteiger partial charge in [0.1, 0.15) is 42.6 Å². The monoisotopic (exact) mass is 734 g/mol. The van der Waals surface area contributed by atoms with Crippen LogP contribution in [0.1, 0.15) is 48.0 Å². The summed E-state index contributed by atoms with van der Waals surface area (Å²) in [6.45, 7) is 4.86. The van der Waals surface area contributed by atoms with Gasteiger partial charge in [0.2, 0.25) is 5.43 Å². The van der Waals surface area contributed by atoms with Crippen molar-refractivity contribution >= 4 is 28.7 Å². The molecule has 2 aliphatic rings. The highest BCUT2D eigenvalue weighted by molar-refractivity contribution is 5.95. The summed E-state index contributed by atoms with van der Waals surface area (Å²) < 4.78 is 51.2. The molecule has 4 atom stereocenters. The van der Waals surface area contributed by atoms with Gasteiger partial charge in [-0.1, -0.05) is 35.4 Å². The summed E-state index contributed by atoms with van der Waals surface area (Å²) in [5, 5.41) is 3.31. The summed E-state index contributed by atoms with van der Waals surface area (Å²) >= 11 is 0. The van der Waals surface area contributed by atoms with Crippen LogP contribution in [0.25, 0.3) is 21.3 Å². The smallest absolute Gasteiger partial charge is 0.410 e. The van der Waals surface area contributed by atoms with Gasteiger partial charge in [-0.3, -0.25) is 19.1 Å². The number of fused-ring (bicyclic) bond motifs is 1. The Labute approximate surface area is 299 Å². The third kappa shape index (κ3) is 7.36. The van der Waals surface area contributed by atoms with E-state index in [-0.39, 0.29) is 61.4 Å². The van der Waals surface area contributed by atoms with Gasteiger partial charge in [0.05, 0.1) is 16.9 Å². The van der Waals surface area contributed by atoms with Crippen LogP contribution in [-0.4, -0.2) is 75.5 Å². The van der Waals surface area contributed by atoms with E-state index in [1.807, 2.05) is 30.3 Å². The Kier molecular flexibility index (Phi) is 10.6. The number of carbonyl (C=O) groups is 2. The number of anilines is 1. The lowest BCUT2D eigenvalue weighted by Crippen LogP contribution is -2.54. The first-order chi connectivity index (χ1) is 25.4. The zero-order valence-corrected chi connectivity index (χ0v) is 29.0. The maximum atomic E-state index is 16.3. The summed E-state index contributed by atoms with van der Waals surface area (Å²) in [6.07, 6.45) is -0.0966. The fourth-order valence-corrected chi connectivity index (χ4v) is 6.65. The Morgan fingerprint density at radius 2 is 1.87 bits per heavy atom. The van der Waals surface area contributed by atoms with Crippen LogP contribution in [0, 0.1) is 18.6 Å². The summed E-state index contributed by atoms with van der Waals surface area (Å²) in [5.74, 6) is -3.14. The molecule has 4 aromatic rings. The highest BCUT2D eigenvalue weighted by atomic mass is 19.1. The number of hydrogen-bond donors (Lipinski definition) is 1. The molecule has 18 heteroatoms. The molecule has 6 rings (SSSR count). The second-order valence-electron chi connectivity index (χ2n) is 12.8. The quantitative estimate of drug-likeness (QED) is 0.114. The van der Waals surface area contributed by atoms with Crippen molar-refractivity contribution in [1.29, 1.82) is 0 Å². The lowest BCUT2D eigenvalue weighted by molar-refractivity contribution is -0.0363. The normalized spacial score (nSPS) is 19.9. The number of aryl methyl sites for hydroxylation is 2. The number of aromatic amines is 1. The Morgan fingerprint density at radius 1 is 1.11 bits per heavy atom. The van der Waals surface area contributed by atoms with E-state index in [9.17, 15) is 24.0 Å². The van der Waals surface area contributed by atoms with Crippen LogP contribution >= 0.6 is 0 Å². The summed E-state index contributed by atoms with van der Waals surface area (Å²) in [7, 11) is 0. The van der Waals surface area contributed by atoms with Gasteiger partial charge in [0, 0.05) is 61.5 Å². The second kappa shape index (κ2) is 15.3. The Bertz CT molecular complexity index is 2290. The fourth-order valence-electron chi connectivity index (χ4n) is 6.65. The topological polar surface area (TPSA) is 194 Å². The SMILES string of the molecule is CCn1cc(C(=O)OCC2OC(n3cc(C)c(=O)[nH]c3=O)CC2N=[N+]=[N-])c(=O)c2cc(F)c(N3CCN(C(=O)OCc4ccccc4)C(C)C3)c(F)c21. The number of amides is 1. The van der Waals surface area contributed by atoms with Crippen LogP contribution in [0.4, 0.5) is 19.3 Å². The third-order valence-corrected chi connectivity index (χ3v) is 9.41. The standard InChI is InChI=1S/C35H36F2N8O8/c1-4-42-16-23(33(48)51-18-26-25(40-41-38)13-27(53-26)45-14-19(2)32(47)39-34(45)49)31(46)22-12-24(36)30(28(37)29(22)42)43-10-11-44(20(3)15-43)35(50)52-17-21-8-6-5-7-9-21/h5-9,12,14,16,20,25-27H,4,10-11,13,15,17-18H2,1-3H3,(H,39,47,49). The van der Waals surface area contributed by atoms with Crippen LogP contribution in [0.2, 0.25) is 0 Å². The molecule has 0 spiro atoms. The second-order valence-corrected chi connectivity index (χ2v) is 12.8. The Balaban J connectivity index is 1.19. The van der Waals surface area contributed by atoms with Gasteiger partial charge in [0.15, 0.2) is 5.82 Å². The first-order valence-electron chi connectivity index (χ1n) is 16.9. The highest BCUT2D eigenvalue weighted by Gasteiger charge is 2.38. The minimum Gasteiger partial charge on any atom is -0.459 e. The number of pyridine rings is 1. The van der Waals surface area contributed by atoms with E-state index in [1.165, 1.54) is 27.5 Å². The lowest BCUT2D eigenvalue weighted by atomic mass is 10.1. The molecule has 2 fully saturated rings. The number of esters is 1. The number of piperazine rings is 1. The van der Waals surface area contributed by atoms with Crippen molar-refractivity contribution in [3.05, 3.63) is 119 Å². The number of H-pyrrole nitrogens is 1. The van der Waals surface area contributed by atoms with E-state index < -0.39 is 77.0 Å². The number of rotatable bonds is 9. The molecule has 2 aromatic heterocycles. The molecule has 278 valence electrons. The number of benzene rings is 2. The van der Waals surface area contributed by atoms with Gasteiger partial charge in [-0.2, -0.15) is 0 Å². The van der Waals surface area contributed by atoms with Crippen molar-refractivity contribution in [2.45, 2.75) is 64.8 Å². The van der Waals surface area contributed by atoms with E-state index in [2.05, 4.69) is 15.0 Å². The molecule has 4 heterocycles. The molecule has 2 saturated heterocycles. The Hall–Kier alpha value is -6.00. The molecule has 0 saturated carbocycles. The van der Waals surface area contributed by atoms with E-state index in [1.54, 1.807) is 13.8 Å². The van der Waals surface area contributed by atoms with Crippen molar-refractivity contribution in [2.24, 2.45) is 5.11 Å². The molecular formula is C35H36F2N8O8. The Morgan fingerprint density at radius 3 is 2.57 bits per heavy atom.